The van der Waals surface area contributed by atoms with Crippen LogP contribution in [0.3, 0.4) is 0 Å². The number of aromatic nitrogens is 2. The third kappa shape index (κ3) is 7.72. The molecule has 138 valence electrons. The van der Waals surface area contributed by atoms with Gasteiger partial charge in [0, 0.05) is 26.8 Å². The second kappa shape index (κ2) is 11.7. The first-order chi connectivity index (χ1) is 11.7. The van der Waals surface area contributed by atoms with Gasteiger partial charge in [-0.25, -0.2) is 4.39 Å². The Morgan fingerprint density at radius 3 is 2.60 bits per heavy atom. The Labute approximate surface area is 164 Å². The van der Waals surface area contributed by atoms with Crippen LogP contribution >= 0.6 is 24.0 Å². The zero-order valence-electron chi connectivity index (χ0n) is 14.5. The lowest BCUT2D eigenvalue weighted by Gasteiger charge is -2.12. The van der Waals surface area contributed by atoms with Crippen molar-refractivity contribution < 1.29 is 9.13 Å². The minimum Gasteiger partial charge on any atom is -0.494 e. The van der Waals surface area contributed by atoms with E-state index in [2.05, 4.69) is 20.7 Å². The Balaban J connectivity index is 0.00000312. The van der Waals surface area contributed by atoms with E-state index < -0.39 is 0 Å². The van der Waals surface area contributed by atoms with Crippen LogP contribution in [0.25, 0.3) is 0 Å². The van der Waals surface area contributed by atoms with E-state index in [0.29, 0.717) is 18.9 Å². The van der Waals surface area contributed by atoms with Gasteiger partial charge < -0.3 is 15.4 Å². The summed E-state index contributed by atoms with van der Waals surface area (Å²) < 4.78 is 20.2. The van der Waals surface area contributed by atoms with E-state index in [9.17, 15) is 4.39 Å². The third-order valence-electron chi connectivity index (χ3n) is 3.53. The van der Waals surface area contributed by atoms with Crippen molar-refractivity contribution in [2.24, 2.45) is 12.0 Å². The van der Waals surface area contributed by atoms with E-state index in [1.807, 2.05) is 17.8 Å². The summed E-state index contributed by atoms with van der Waals surface area (Å²) in [6.07, 6.45) is 3.63. The molecule has 0 fully saturated rings. The van der Waals surface area contributed by atoms with Crippen LogP contribution in [-0.2, 0) is 13.6 Å². The van der Waals surface area contributed by atoms with E-state index in [-0.39, 0.29) is 29.8 Å². The number of hydrogen-bond acceptors (Lipinski definition) is 3. The number of nitrogens with zero attached hydrogens (tertiary/aromatic N) is 3. The third-order valence-corrected chi connectivity index (χ3v) is 3.53. The fourth-order valence-electron chi connectivity index (χ4n) is 2.12. The fraction of sp³-hybridized carbons (Fsp3) is 0.412. The van der Waals surface area contributed by atoms with Crippen LogP contribution in [0.5, 0.6) is 5.75 Å². The molecule has 8 heteroatoms. The summed E-state index contributed by atoms with van der Waals surface area (Å²) in [5, 5.41) is 10.6. The summed E-state index contributed by atoms with van der Waals surface area (Å²) in [4.78, 5) is 4.19. The molecule has 0 amide bonds. The van der Waals surface area contributed by atoms with Crippen molar-refractivity contribution in [1.82, 2.24) is 20.4 Å². The molecule has 0 unspecified atom stereocenters. The number of halogens is 2. The highest BCUT2D eigenvalue weighted by Crippen LogP contribution is 2.11. The standard InChI is InChI=1S/C17H24FN5O.HI/c1-19-17(21-13-15-9-11-22-23(15)2)20-10-3-4-12-24-16-7-5-14(18)6-8-16;/h5-9,11H,3-4,10,12-13H2,1-2H3,(H2,19,20,21);1H. The molecule has 2 rings (SSSR count). The van der Waals surface area contributed by atoms with Crippen molar-refractivity contribution >= 4 is 29.9 Å². The monoisotopic (exact) mass is 461 g/mol. The molecule has 6 nitrogen and oxygen atoms in total. The molecular formula is C17H25FIN5O. The molecule has 25 heavy (non-hydrogen) atoms. The largest absolute Gasteiger partial charge is 0.494 e. The highest BCUT2D eigenvalue weighted by atomic mass is 127. The molecule has 0 saturated heterocycles. The molecule has 1 aromatic heterocycles. The number of hydrogen-bond donors (Lipinski definition) is 2. The minimum atomic E-state index is -0.253. The van der Waals surface area contributed by atoms with Crippen LogP contribution < -0.4 is 15.4 Å². The highest BCUT2D eigenvalue weighted by molar-refractivity contribution is 14.0. The Bertz CT molecular complexity index is 645. The number of rotatable bonds is 8. The zero-order valence-corrected chi connectivity index (χ0v) is 16.9. The summed E-state index contributed by atoms with van der Waals surface area (Å²) in [7, 11) is 3.66. The van der Waals surface area contributed by atoms with Gasteiger partial charge in [-0.2, -0.15) is 5.10 Å². The Hall–Kier alpha value is -1.84. The lowest BCUT2D eigenvalue weighted by atomic mass is 10.3. The summed E-state index contributed by atoms with van der Waals surface area (Å²) in [6, 6.07) is 8.03. The summed E-state index contributed by atoms with van der Waals surface area (Å²) in [6.45, 7) is 2.08. The fourth-order valence-corrected chi connectivity index (χ4v) is 2.12. The number of aryl methyl sites for hydroxylation is 1. The van der Waals surface area contributed by atoms with Gasteiger partial charge in [0.2, 0.25) is 0 Å². The van der Waals surface area contributed by atoms with Crippen molar-refractivity contribution in [3.05, 3.63) is 48.0 Å². The van der Waals surface area contributed by atoms with Gasteiger partial charge in [-0.3, -0.25) is 9.67 Å². The Morgan fingerprint density at radius 2 is 1.96 bits per heavy atom. The molecule has 1 heterocycles. The van der Waals surface area contributed by atoms with E-state index in [4.69, 9.17) is 4.74 Å². The van der Waals surface area contributed by atoms with E-state index in [1.165, 1.54) is 12.1 Å². The molecule has 0 radical (unpaired) electrons. The first kappa shape index (κ1) is 21.2. The first-order valence-electron chi connectivity index (χ1n) is 7.99. The predicted octanol–water partition coefficient (Wildman–Crippen LogP) is 2.70. The number of unbranched alkanes of at least 4 members (excludes halogenated alkanes) is 1. The zero-order chi connectivity index (χ0) is 17.2. The van der Waals surface area contributed by atoms with Crippen molar-refractivity contribution in [3.63, 3.8) is 0 Å². The summed E-state index contributed by atoms with van der Waals surface area (Å²) >= 11 is 0. The highest BCUT2D eigenvalue weighted by Gasteiger charge is 2.01. The molecule has 2 N–H and O–H groups in total. The van der Waals surface area contributed by atoms with Crippen LogP contribution in [0.4, 0.5) is 4.39 Å². The van der Waals surface area contributed by atoms with E-state index >= 15 is 0 Å². The lowest BCUT2D eigenvalue weighted by Crippen LogP contribution is -2.37. The molecule has 1 aromatic carbocycles. The SMILES string of the molecule is CN=C(NCCCCOc1ccc(F)cc1)NCc1ccnn1C.I. The second-order valence-electron chi connectivity index (χ2n) is 5.31. The van der Waals surface area contributed by atoms with Crippen molar-refractivity contribution in [2.75, 3.05) is 20.2 Å². The molecule has 0 saturated carbocycles. The minimum absolute atomic E-state index is 0. The van der Waals surface area contributed by atoms with Crippen LogP contribution in [0, 0.1) is 5.82 Å². The van der Waals surface area contributed by atoms with Crippen LogP contribution in [0.2, 0.25) is 0 Å². The molecule has 2 aromatic rings. The smallest absolute Gasteiger partial charge is 0.191 e. The Kier molecular flexibility index (Phi) is 9.90. The molecular weight excluding hydrogens is 436 g/mol. The maximum Gasteiger partial charge on any atom is 0.191 e. The van der Waals surface area contributed by atoms with Crippen molar-refractivity contribution in [1.29, 1.82) is 0 Å². The average molecular weight is 461 g/mol. The van der Waals surface area contributed by atoms with Gasteiger partial charge >= 0.3 is 0 Å². The molecule has 0 bridgehead atoms. The van der Waals surface area contributed by atoms with E-state index in [0.717, 1.165) is 31.0 Å². The average Bonchev–Trinajstić information content (AvgIpc) is 3.00. The number of ether oxygens (including phenoxy) is 1. The van der Waals surface area contributed by atoms with Crippen LogP contribution in [-0.4, -0.2) is 35.9 Å². The molecule has 0 atom stereocenters. The van der Waals surface area contributed by atoms with Crippen molar-refractivity contribution in [2.45, 2.75) is 19.4 Å². The quantitative estimate of drug-likeness (QED) is 0.275. The molecule has 0 aliphatic rings. The number of aliphatic imine (C=N–C) groups is 1. The van der Waals surface area contributed by atoms with Crippen LogP contribution in [0.15, 0.2) is 41.5 Å². The van der Waals surface area contributed by atoms with Gasteiger partial charge in [-0.15, -0.1) is 24.0 Å². The van der Waals surface area contributed by atoms with Gasteiger partial charge in [-0.05, 0) is 43.2 Å². The van der Waals surface area contributed by atoms with Gasteiger partial charge in [-0.1, -0.05) is 0 Å². The van der Waals surface area contributed by atoms with Crippen molar-refractivity contribution in [3.8, 4) is 5.75 Å². The normalized spacial score (nSPS) is 10.9. The van der Waals surface area contributed by atoms with Gasteiger partial charge in [0.1, 0.15) is 11.6 Å². The topological polar surface area (TPSA) is 63.5 Å². The number of benzene rings is 1. The molecule has 0 aliphatic heterocycles. The van der Waals surface area contributed by atoms with Crippen LogP contribution in [0.1, 0.15) is 18.5 Å². The van der Waals surface area contributed by atoms with Gasteiger partial charge in [0.15, 0.2) is 5.96 Å². The predicted molar refractivity (Wildman–Crippen MR) is 108 cm³/mol. The van der Waals surface area contributed by atoms with Gasteiger partial charge in [0.05, 0.1) is 18.8 Å². The summed E-state index contributed by atoms with van der Waals surface area (Å²) in [5.74, 6) is 1.20. The number of nitrogens with one attached hydrogen (secondary N) is 2. The first-order valence-corrected chi connectivity index (χ1v) is 7.99. The lowest BCUT2D eigenvalue weighted by molar-refractivity contribution is 0.306. The Morgan fingerprint density at radius 1 is 1.20 bits per heavy atom. The maximum absolute atomic E-state index is 12.8. The molecule has 0 aliphatic carbocycles. The second-order valence-corrected chi connectivity index (χ2v) is 5.31. The summed E-state index contributed by atoms with van der Waals surface area (Å²) in [5.41, 5.74) is 1.09. The number of guanidine groups is 1. The van der Waals surface area contributed by atoms with Gasteiger partial charge in [0.25, 0.3) is 0 Å². The van der Waals surface area contributed by atoms with E-state index in [1.54, 1.807) is 25.4 Å². The molecule has 0 spiro atoms. The maximum atomic E-state index is 12.8.